The Labute approximate surface area is 193 Å². The molecule has 33 heavy (non-hydrogen) atoms. The summed E-state index contributed by atoms with van der Waals surface area (Å²) in [6, 6.07) is 15.9. The first-order chi connectivity index (χ1) is 15.7. The first-order valence-electron chi connectivity index (χ1n) is 11.2. The molecule has 1 saturated heterocycles. The summed E-state index contributed by atoms with van der Waals surface area (Å²) in [5.74, 6) is -0.235. The number of aromatic nitrogens is 2. The zero-order chi connectivity index (χ0) is 23.4. The van der Waals surface area contributed by atoms with Crippen molar-refractivity contribution in [3.8, 4) is 0 Å². The second-order valence-electron chi connectivity index (χ2n) is 9.63. The molecule has 1 aliphatic rings. The lowest BCUT2D eigenvalue weighted by atomic mass is 9.87. The molecule has 0 bridgehead atoms. The normalized spacial score (nSPS) is 17.7. The van der Waals surface area contributed by atoms with E-state index in [0.29, 0.717) is 24.9 Å². The molecule has 7 heteroatoms. The predicted molar refractivity (Wildman–Crippen MR) is 130 cm³/mol. The average Bonchev–Trinajstić information content (AvgIpc) is 3.42. The van der Waals surface area contributed by atoms with Gasteiger partial charge in [-0.05, 0) is 48.1 Å². The Balaban J connectivity index is 1.56. The van der Waals surface area contributed by atoms with Gasteiger partial charge in [0, 0.05) is 23.5 Å². The number of hydrogen-bond donors (Lipinski definition) is 0. The minimum atomic E-state index is -3.81. The number of pyridine rings is 1. The van der Waals surface area contributed by atoms with Gasteiger partial charge >= 0.3 is 0 Å². The molecule has 0 spiro atoms. The Hall–Kier alpha value is -3.03. The highest BCUT2D eigenvalue weighted by Gasteiger charge is 2.40. The van der Waals surface area contributed by atoms with Crippen molar-refractivity contribution >= 4 is 37.7 Å². The van der Waals surface area contributed by atoms with Gasteiger partial charge in [0.05, 0.1) is 22.1 Å². The largest absolute Gasteiger partial charge is 0.277 e. The second-order valence-corrected chi connectivity index (χ2v) is 11.5. The lowest BCUT2D eigenvalue weighted by molar-refractivity contribution is 0.0843. The van der Waals surface area contributed by atoms with E-state index in [4.69, 9.17) is 0 Å². The van der Waals surface area contributed by atoms with Crippen molar-refractivity contribution in [1.29, 1.82) is 0 Å². The fourth-order valence-corrected chi connectivity index (χ4v) is 6.39. The fourth-order valence-electron chi connectivity index (χ4n) is 4.74. The summed E-state index contributed by atoms with van der Waals surface area (Å²) in [5.41, 5.74) is 2.46. The van der Waals surface area contributed by atoms with Gasteiger partial charge in [-0.1, -0.05) is 51.1 Å². The molecule has 0 N–H and O–H groups in total. The van der Waals surface area contributed by atoms with Gasteiger partial charge in [-0.2, -0.15) is 4.31 Å². The third kappa shape index (κ3) is 3.56. The van der Waals surface area contributed by atoms with Crippen LogP contribution in [0.3, 0.4) is 0 Å². The van der Waals surface area contributed by atoms with E-state index in [1.165, 1.54) is 4.31 Å². The maximum atomic E-state index is 13.8. The van der Waals surface area contributed by atoms with Gasteiger partial charge in [0.1, 0.15) is 6.04 Å². The zero-order valence-electron chi connectivity index (χ0n) is 19.0. The average molecular weight is 462 g/mol. The summed E-state index contributed by atoms with van der Waals surface area (Å²) in [6.45, 7) is 6.60. The molecule has 2 aromatic heterocycles. The van der Waals surface area contributed by atoms with Crippen molar-refractivity contribution in [2.24, 2.45) is 0 Å². The maximum Gasteiger partial charge on any atom is 0.250 e. The first kappa shape index (κ1) is 21.8. The molecular formula is C26H27N3O3S. The number of rotatable bonds is 3. The van der Waals surface area contributed by atoms with Crippen LogP contribution in [-0.4, -0.2) is 40.8 Å². The van der Waals surface area contributed by atoms with Gasteiger partial charge in [0.25, 0.3) is 0 Å². The Morgan fingerprint density at radius 3 is 2.39 bits per heavy atom. The quantitative estimate of drug-likeness (QED) is 0.431. The number of sulfonamides is 1. The van der Waals surface area contributed by atoms with E-state index >= 15 is 0 Å². The molecule has 3 heterocycles. The highest BCUT2D eigenvalue weighted by molar-refractivity contribution is 7.89. The van der Waals surface area contributed by atoms with E-state index in [9.17, 15) is 13.2 Å². The Kier molecular flexibility index (Phi) is 5.14. The molecule has 5 rings (SSSR count). The molecule has 2 aromatic carbocycles. The van der Waals surface area contributed by atoms with Crippen molar-refractivity contribution in [2.75, 3.05) is 6.54 Å². The van der Waals surface area contributed by atoms with Crippen LogP contribution in [0.5, 0.6) is 0 Å². The molecular weight excluding hydrogens is 434 g/mol. The van der Waals surface area contributed by atoms with Crippen LogP contribution in [0.25, 0.3) is 21.8 Å². The highest BCUT2D eigenvalue weighted by Crippen LogP contribution is 2.33. The van der Waals surface area contributed by atoms with Crippen molar-refractivity contribution < 1.29 is 13.2 Å². The SMILES string of the molecule is CC(C)(C)c1ccc(S(=O)(=O)N2CCC[C@H]2C(=O)n2c3ccccc3c3ccncc32)cc1. The summed E-state index contributed by atoms with van der Waals surface area (Å²) in [7, 11) is -3.81. The zero-order valence-corrected chi connectivity index (χ0v) is 19.8. The third-order valence-corrected chi connectivity index (χ3v) is 8.43. The maximum absolute atomic E-state index is 13.8. The van der Waals surface area contributed by atoms with E-state index in [1.807, 2.05) is 42.5 Å². The van der Waals surface area contributed by atoms with Crippen LogP contribution in [0, 0.1) is 0 Å². The van der Waals surface area contributed by atoms with Crippen LogP contribution in [0.15, 0.2) is 71.9 Å². The lowest BCUT2D eigenvalue weighted by Gasteiger charge is -2.24. The van der Waals surface area contributed by atoms with Gasteiger partial charge in [-0.3, -0.25) is 14.3 Å². The minimum absolute atomic E-state index is 0.0704. The number of para-hydroxylation sites is 1. The first-order valence-corrected chi connectivity index (χ1v) is 12.6. The van der Waals surface area contributed by atoms with Crippen LogP contribution >= 0.6 is 0 Å². The molecule has 0 amide bonds. The number of carbonyl (C=O) groups is 1. The Bertz CT molecular complexity index is 1410. The van der Waals surface area contributed by atoms with E-state index in [2.05, 4.69) is 25.8 Å². The van der Waals surface area contributed by atoms with Gasteiger partial charge in [-0.15, -0.1) is 0 Å². The van der Waals surface area contributed by atoms with E-state index in [-0.39, 0.29) is 16.2 Å². The summed E-state index contributed by atoms with van der Waals surface area (Å²) in [5, 5.41) is 1.88. The number of hydrogen-bond acceptors (Lipinski definition) is 4. The van der Waals surface area contributed by atoms with Crippen LogP contribution in [0.4, 0.5) is 0 Å². The highest BCUT2D eigenvalue weighted by atomic mass is 32.2. The summed E-state index contributed by atoms with van der Waals surface area (Å²) >= 11 is 0. The van der Waals surface area contributed by atoms with Crippen molar-refractivity contribution in [1.82, 2.24) is 13.9 Å². The van der Waals surface area contributed by atoms with Crippen molar-refractivity contribution in [2.45, 2.75) is 50.0 Å². The van der Waals surface area contributed by atoms with Crippen LogP contribution in [-0.2, 0) is 15.4 Å². The van der Waals surface area contributed by atoms with Crippen LogP contribution in [0.2, 0.25) is 0 Å². The molecule has 6 nitrogen and oxygen atoms in total. The summed E-state index contributed by atoms with van der Waals surface area (Å²) in [4.78, 5) is 18.3. The van der Waals surface area contributed by atoms with E-state index in [0.717, 1.165) is 21.9 Å². The molecule has 0 saturated carbocycles. The van der Waals surface area contributed by atoms with Gasteiger partial charge in [0.2, 0.25) is 15.9 Å². The number of carbonyl (C=O) groups excluding carboxylic acids is 1. The van der Waals surface area contributed by atoms with Crippen LogP contribution < -0.4 is 0 Å². The predicted octanol–water partition coefficient (Wildman–Crippen LogP) is 4.98. The molecule has 0 unspecified atom stereocenters. The molecule has 4 aromatic rings. The number of nitrogens with zero attached hydrogens (tertiary/aromatic N) is 3. The van der Waals surface area contributed by atoms with Crippen molar-refractivity contribution in [3.63, 3.8) is 0 Å². The monoisotopic (exact) mass is 461 g/mol. The third-order valence-electron chi connectivity index (χ3n) is 6.51. The lowest BCUT2D eigenvalue weighted by Crippen LogP contribution is -2.42. The fraction of sp³-hybridized carbons (Fsp3) is 0.308. The second kappa shape index (κ2) is 7.78. The molecule has 1 atom stereocenters. The van der Waals surface area contributed by atoms with Gasteiger partial charge in [0.15, 0.2) is 0 Å². The van der Waals surface area contributed by atoms with Gasteiger partial charge in [-0.25, -0.2) is 8.42 Å². The molecule has 170 valence electrons. The Morgan fingerprint density at radius 1 is 0.970 bits per heavy atom. The Morgan fingerprint density at radius 2 is 1.67 bits per heavy atom. The number of benzene rings is 2. The molecule has 0 aliphatic carbocycles. The van der Waals surface area contributed by atoms with Crippen LogP contribution in [0.1, 0.15) is 44.0 Å². The summed E-state index contributed by atoms with van der Waals surface area (Å²) in [6.07, 6.45) is 4.51. The van der Waals surface area contributed by atoms with Gasteiger partial charge < -0.3 is 0 Å². The standard InChI is InChI=1S/C26H27N3O3S/c1-26(2,3)18-10-12-19(13-11-18)33(31,32)28-16-6-9-23(28)25(30)29-22-8-5-4-7-20(22)21-14-15-27-17-24(21)29/h4-5,7-8,10-15,17,23H,6,9,16H2,1-3H3/t23-/m0/s1. The topological polar surface area (TPSA) is 72.3 Å². The summed E-state index contributed by atoms with van der Waals surface area (Å²) < 4.78 is 30.1. The molecule has 1 fully saturated rings. The minimum Gasteiger partial charge on any atom is -0.277 e. The number of fused-ring (bicyclic) bond motifs is 3. The molecule has 0 radical (unpaired) electrons. The van der Waals surface area contributed by atoms with Crippen molar-refractivity contribution in [3.05, 3.63) is 72.6 Å². The smallest absolute Gasteiger partial charge is 0.250 e. The van der Waals surface area contributed by atoms with E-state index < -0.39 is 16.1 Å². The molecule has 1 aliphatic heterocycles. The van der Waals surface area contributed by atoms with E-state index in [1.54, 1.807) is 29.1 Å².